The molecule has 0 unspecified atom stereocenters. The van der Waals surface area contributed by atoms with Gasteiger partial charge in [0.1, 0.15) is 6.04 Å². The Labute approximate surface area is 156 Å². The van der Waals surface area contributed by atoms with Crippen molar-refractivity contribution >= 4 is 39.1 Å². The molecule has 2 N–H and O–H groups in total. The van der Waals surface area contributed by atoms with Gasteiger partial charge in [0.2, 0.25) is 11.8 Å². The number of carbonyl (C=O) groups excluding carboxylic acids is 2. The summed E-state index contributed by atoms with van der Waals surface area (Å²) in [6, 6.07) is 13.3. The van der Waals surface area contributed by atoms with Crippen molar-refractivity contribution in [1.29, 1.82) is 0 Å². The minimum absolute atomic E-state index is 0.0357. The number of anilines is 1. The van der Waals surface area contributed by atoms with Gasteiger partial charge in [0.15, 0.2) is 5.13 Å². The molecule has 0 aliphatic heterocycles. The van der Waals surface area contributed by atoms with Crippen LogP contribution in [-0.4, -0.2) is 22.8 Å². The van der Waals surface area contributed by atoms with Crippen LogP contribution >= 0.6 is 11.3 Å². The van der Waals surface area contributed by atoms with Crippen LogP contribution in [0.3, 0.4) is 0 Å². The van der Waals surface area contributed by atoms with Gasteiger partial charge in [-0.3, -0.25) is 9.59 Å². The zero-order chi connectivity index (χ0) is 18.5. The maximum absolute atomic E-state index is 12.6. The van der Waals surface area contributed by atoms with E-state index in [0.717, 1.165) is 16.3 Å². The zero-order valence-corrected chi connectivity index (χ0v) is 15.5. The van der Waals surface area contributed by atoms with Crippen LogP contribution in [0.25, 0.3) is 10.8 Å². The number of aromatic nitrogens is 1. The molecule has 0 radical (unpaired) electrons. The Kier molecular flexibility index (Phi) is 5.63. The van der Waals surface area contributed by atoms with E-state index in [-0.39, 0.29) is 24.2 Å². The molecule has 3 rings (SSSR count). The van der Waals surface area contributed by atoms with Gasteiger partial charge in [-0.25, -0.2) is 4.98 Å². The molecule has 2 amide bonds. The van der Waals surface area contributed by atoms with Crippen LogP contribution in [0.15, 0.2) is 54.0 Å². The van der Waals surface area contributed by atoms with Crippen LogP contribution in [0.4, 0.5) is 5.13 Å². The number of amides is 2. The van der Waals surface area contributed by atoms with Crippen molar-refractivity contribution in [3.05, 3.63) is 59.6 Å². The summed E-state index contributed by atoms with van der Waals surface area (Å²) in [5.41, 5.74) is 0.948. The lowest BCUT2D eigenvalue weighted by Crippen LogP contribution is -2.47. The third-order valence-corrected chi connectivity index (χ3v) is 4.85. The van der Waals surface area contributed by atoms with Gasteiger partial charge >= 0.3 is 0 Å². The lowest BCUT2D eigenvalue weighted by molar-refractivity contribution is -0.127. The lowest BCUT2D eigenvalue weighted by atomic mass is 10.0. The number of benzene rings is 2. The van der Waals surface area contributed by atoms with Gasteiger partial charge in [0, 0.05) is 11.6 Å². The maximum Gasteiger partial charge on any atom is 0.248 e. The topological polar surface area (TPSA) is 71.1 Å². The van der Waals surface area contributed by atoms with E-state index in [0.29, 0.717) is 5.13 Å². The predicted octanol–water partition coefficient (Wildman–Crippen LogP) is 3.62. The minimum Gasteiger partial charge on any atom is -0.344 e. The van der Waals surface area contributed by atoms with E-state index < -0.39 is 6.04 Å². The molecule has 0 spiro atoms. The van der Waals surface area contributed by atoms with Crippen LogP contribution in [0.2, 0.25) is 0 Å². The van der Waals surface area contributed by atoms with E-state index in [9.17, 15) is 9.59 Å². The smallest absolute Gasteiger partial charge is 0.248 e. The molecule has 1 heterocycles. The second-order valence-corrected chi connectivity index (χ2v) is 7.33. The zero-order valence-electron chi connectivity index (χ0n) is 14.7. The van der Waals surface area contributed by atoms with Crippen LogP contribution < -0.4 is 10.6 Å². The Bertz CT molecular complexity index is 901. The number of thiazole rings is 1. The van der Waals surface area contributed by atoms with Crippen molar-refractivity contribution in [3.8, 4) is 0 Å². The Morgan fingerprint density at radius 2 is 1.88 bits per heavy atom. The highest BCUT2D eigenvalue weighted by Gasteiger charge is 2.25. The summed E-state index contributed by atoms with van der Waals surface area (Å²) in [5.74, 6) is -0.456. The molecule has 1 aromatic heterocycles. The standard InChI is InChI=1S/C20H21N3O2S/c1-13(2)18(19(25)23-20-21-10-11-26-20)22-17(24)12-15-8-5-7-14-6-3-4-9-16(14)15/h3-11,13,18H,12H2,1-2H3,(H,22,24)(H,21,23,25)/t18-/m1/s1. The van der Waals surface area contributed by atoms with E-state index in [1.54, 1.807) is 11.6 Å². The largest absolute Gasteiger partial charge is 0.344 e. The molecular weight excluding hydrogens is 346 g/mol. The molecule has 0 bridgehead atoms. The fourth-order valence-electron chi connectivity index (χ4n) is 2.85. The number of nitrogens with one attached hydrogen (secondary N) is 2. The van der Waals surface area contributed by atoms with E-state index in [2.05, 4.69) is 15.6 Å². The molecule has 26 heavy (non-hydrogen) atoms. The Morgan fingerprint density at radius 1 is 1.12 bits per heavy atom. The van der Waals surface area contributed by atoms with Crippen molar-refractivity contribution in [2.75, 3.05) is 5.32 Å². The normalized spacial score (nSPS) is 12.1. The summed E-state index contributed by atoms with van der Waals surface area (Å²) in [6.07, 6.45) is 1.86. The van der Waals surface area contributed by atoms with Crippen molar-refractivity contribution in [2.45, 2.75) is 26.3 Å². The number of rotatable bonds is 6. The number of hydrogen-bond acceptors (Lipinski definition) is 4. The monoisotopic (exact) mass is 367 g/mol. The summed E-state index contributed by atoms with van der Waals surface area (Å²) in [7, 11) is 0. The molecule has 2 aromatic carbocycles. The molecule has 0 aliphatic rings. The first-order chi connectivity index (χ1) is 12.5. The molecule has 3 aromatic rings. The summed E-state index contributed by atoms with van der Waals surface area (Å²) in [5, 5.41) is 10.1. The number of hydrogen-bond donors (Lipinski definition) is 2. The quantitative estimate of drug-likeness (QED) is 0.699. The Balaban J connectivity index is 1.70. The van der Waals surface area contributed by atoms with Crippen molar-refractivity contribution in [2.24, 2.45) is 5.92 Å². The van der Waals surface area contributed by atoms with Gasteiger partial charge in [-0.15, -0.1) is 11.3 Å². The van der Waals surface area contributed by atoms with Crippen molar-refractivity contribution < 1.29 is 9.59 Å². The number of fused-ring (bicyclic) bond motifs is 1. The van der Waals surface area contributed by atoms with E-state index in [1.807, 2.05) is 56.3 Å². The third-order valence-electron chi connectivity index (χ3n) is 4.16. The van der Waals surface area contributed by atoms with Gasteiger partial charge in [0.05, 0.1) is 6.42 Å². The van der Waals surface area contributed by atoms with E-state index in [1.165, 1.54) is 11.3 Å². The van der Waals surface area contributed by atoms with Crippen molar-refractivity contribution in [3.63, 3.8) is 0 Å². The van der Waals surface area contributed by atoms with Crippen LogP contribution in [0.1, 0.15) is 19.4 Å². The van der Waals surface area contributed by atoms with Gasteiger partial charge in [-0.2, -0.15) is 0 Å². The highest BCUT2D eigenvalue weighted by molar-refractivity contribution is 7.13. The highest BCUT2D eigenvalue weighted by atomic mass is 32.1. The fraction of sp³-hybridized carbons (Fsp3) is 0.250. The number of carbonyl (C=O) groups is 2. The first kappa shape index (κ1) is 18.1. The van der Waals surface area contributed by atoms with Crippen molar-refractivity contribution in [1.82, 2.24) is 10.3 Å². The molecular formula is C20H21N3O2S. The maximum atomic E-state index is 12.6. The summed E-state index contributed by atoms with van der Waals surface area (Å²) >= 11 is 1.35. The first-order valence-electron chi connectivity index (χ1n) is 8.51. The summed E-state index contributed by atoms with van der Waals surface area (Å²) < 4.78 is 0. The average molecular weight is 367 g/mol. The molecule has 0 fully saturated rings. The molecule has 6 heteroatoms. The third kappa shape index (κ3) is 4.26. The highest BCUT2D eigenvalue weighted by Crippen LogP contribution is 2.19. The van der Waals surface area contributed by atoms with Gasteiger partial charge < -0.3 is 10.6 Å². The fourth-order valence-corrected chi connectivity index (χ4v) is 3.38. The summed E-state index contributed by atoms with van der Waals surface area (Å²) in [6.45, 7) is 3.81. The molecule has 0 saturated heterocycles. The molecule has 1 atom stereocenters. The minimum atomic E-state index is -0.610. The van der Waals surface area contributed by atoms with Crippen LogP contribution in [0, 0.1) is 5.92 Å². The second kappa shape index (κ2) is 8.10. The number of nitrogens with zero attached hydrogens (tertiary/aromatic N) is 1. The first-order valence-corrected chi connectivity index (χ1v) is 9.39. The van der Waals surface area contributed by atoms with E-state index >= 15 is 0 Å². The van der Waals surface area contributed by atoms with Gasteiger partial charge in [-0.1, -0.05) is 56.3 Å². The molecule has 0 saturated carbocycles. The Hall–Kier alpha value is -2.73. The molecule has 5 nitrogen and oxygen atoms in total. The molecule has 134 valence electrons. The van der Waals surface area contributed by atoms with Crippen LogP contribution in [0.5, 0.6) is 0 Å². The predicted molar refractivity (Wildman–Crippen MR) is 105 cm³/mol. The second-order valence-electron chi connectivity index (χ2n) is 6.43. The summed E-state index contributed by atoms with van der Waals surface area (Å²) in [4.78, 5) is 29.1. The van der Waals surface area contributed by atoms with E-state index in [4.69, 9.17) is 0 Å². The van der Waals surface area contributed by atoms with Crippen LogP contribution in [-0.2, 0) is 16.0 Å². The van der Waals surface area contributed by atoms with Gasteiger partial charge in [0.25, 0.3) is 0 Å². The average Bonchev–Trinajstić information content (AvgIpc) is 3.12. The lowest BCUT2D eigenvalue weighted by Gasteiger charge is -2.21. The molecule has 0 aliphatic carbocycles. The SMILES string of the molecule is CC(C)[C@@H](NC(=O)Cc1cccc2ccccc12)C(=O)Nc1nccs1. The van der Waals surface area contributed by atoms with Gasteiger partial charge in [-0.05, 0) is 22.3 Å². The Morgan fingerprint density at radius 3 is 2.62 bits per heavy atom.